The molecule has 0 radical (unpaired) electrons. The molecule has 0 fully saturated rings. The Morgan fingerprint density at radius 3 is 2.49 bits per heavy atom. The molecule has 4 aromatic rings. The van der Waals surface area contributed by atoms with Crippen molar-refractivity contribution in [2.24, 2.45) is 0 Å². The maximum Gasteiger partial charge on any atom is 0.294 e. The number of ketones is 1. The Morgan fingerprint density at radius 2 is 1.80 bits per heavy atom. The monoisotopic (exact) mass is 493 g/mol. The third-order valence-corrected chi connectivity index (χ3v) is 5.99. The molecule has 0 bridgehead atoms. The second-order valence-electron chi connectivity index (χ2n) is 7.85. The van der Waals surface area contributed by atoms with E-state index in [1.165, 1.54) is 55.6 Å². The Kier molecular flexibility index (Phi) is 5.45. The van der Waals surface area contributed by atoms with Crippen LogP contribution in [0.15, 0.2) is 82.5 Å². The van der Waals surface area contributed by atoms with Crippen LogP contribution in [-0.4, -0.2) is 29.0 Å². The molecule has 2 heterocycles. The van der Waals surface area contributed by atoms with Crippen molar-refractivity contribution in [3.63, 3.8) is 0 Å². The first-order chi connectivity index (χ1) is 16.8. The summed E-state index contributed by atoms with van der Waals surface area (Å²) < 4.78 is 24.7. The zero-order valence-electron chi connectivity index (χ0n) is 18.2. The molecule has 35 heavy (non-hydrogen) atoms. The van der Waals surface area contributed by atoms with E-state index in [0.717, 1.165) is 4.90 Å². The molecule has 9 heteroatoms. The number of phenols is 1. The van der Waals surface area contributed by atoms with Crippen molar-refractivity contribution < 1.29 is 33.3 Å². The molecular weight excluding hydrogens is 477 g/mol. The third-order valence-electron chi connectivity index (χ3n) is 5.77. The molecule has 0 aliphatic carbocycles. The second kappa shape index (κ2) is 8.48. The molecule has 0 spiro atoms. The van der Waals surface area contributed by atoms with Gasteiger partial charge in [-0.2, -0.15) is 0 Å². The number of nitrogens with zero attached hydrogens (tertiary/aromatic N) is 1. The number of halogens is 2. The number of ether oxygens (including phenoxy) is 1. The minimum absolute atomic E-state index is 0.0687. The number of anilines is 1. The van der Waals surface area contributed by atoms with Crippen molar-refractivity contribution in [2.45, 2.75) is 6.04 Å². The van der Waals surface area contributed by atoms with E-state index < -0.39 is 29.3 Å². The summed E-state index contributed by atoms with van der Waals surface area (Å²) in [5.41, 5.74) is 0.390. The summed E-state index contributed by atoms with van der Waals surface area (Å²) in [6, 6.07) is 14.5. The van der Waals surface area contributed by atoms with E-state index in [1.807, 2.05) is 0 Å². The molecule has 5 rings (SSSR count). The number of carbonyl (C=O) groups is 2. The Bertz CT molecular complexity index is 1520. The number of aromatic hydroxyl groups is 1. The number of hydrogen-bond acceptors (Lipinski definition) is 6. The number of Topliss-reactive ketones (excluding diaryl/α,β-unsaturated/α-hetero) is 1. The summed E-state index contributed by atoms with van der Waals surface area (Å²) in [6.07, 6.45) is 0. The fraction of sp³-hybridized carbons (Fsp3) is 0.0769. The van der Waals surface area contributed by atoms with Crippen LogP contribution in [0.3, 0.4) is 0 Å². The largest absolute Gasteiger partial charge is 0.506 e. The number of phenolic OH excluding ortho intramolecular Hbond substituents is 1. The average Bonchev–Trinajstić information content (AvgIpc) is 3.38. The van der Waals surface area contributed by atoms with Crippen LogP contribution in [0, 0.1) is 5.82 Å². The first kappa shape index (κ1) is 22.5. The lowest BCUT2D eigenvalue weighted by molar-refractivity contribution is -0.117. The molecule has 1 amide bonds. The number of hydrogen-bond donors (Lipinski definition) is 2. The maximum absolute atomic E-state index is 13.7. The number of rotatable bonds is 5. The van der Waals surface area contributed by atoms with Crippen LogP contribution >= 0.6 is 11.6 Å². The molecular formula is C26H17ClFNO6. The summed E-state index contributed by atoms with van der Waals surface area (Å²) >= 11 is 6.12. The van der Waals surface area contributed by atoms with E-state index in [0.29, 0.717) is 21.7 Å². The Labute approximate surface area is 203 Å². The van der Waals surface area contributed by atoms with Gasteiger partial charge in [-0.25, -0.2) is 4.39 Å². The Balaban J connectivity index is 1.68. The molecule has 1 aromatic heterocycles. The van der Waals surface area contributed by atoms with Crippen LogP contribution in [0.5, 0.6) is 11.5 Å². The van der Waals surface area contributed by atoms with E-state index in [2.05, 4.69) is 0 Å². The molecule has 1 aliphatic heterocycles. The molecule has 0 saturated carbocycles. The topological polar surface area (TPSA) is 100 Å². The van der Waals surface area contributed by atoms with Gasteiger partial charge in [-0.3, -0.25) is 14.5 Å². The zero-order valence-corrected chi connectivity index (χ0v) is 18.9. The summed E-state index contributed by atoms with van der Waals surface area (Å²) in [6.45, 7) is 0. The number of methoxy groups -OCH3 is 1. The number of para-hydroxylation sites is 2. The normalized spacial score (nSPS) is 15.8. The van der Waals surface area contributed by atoms with Gasteiger partial charge in [0.2, 0.25) is 5.78 Å². The predicted octanol–water partition coefficient (Wildman–Crippen LogP) is 5.72. The third kappa shape index (κ3) is 3.68. The highest BCUT2D eigenvalue weighted by Crippen LogP contribution is 2.45. The van der Waals surface area contributed by atoms with E-state index in [9.17, 15) is 24.2 Å². The quantitative estimate of drug-likeness (QED) is 0.345. The van der Waals surface area contributed by atoms with E-state index >= 15 is 0 Å². The van der Waals surface area contributed by atoms with E-state index in [-0.39, 0.29) is 28.4 Å². The number of benzene rings is 3. The summed E-state index contributed by atoms with van der Waals surface area (Å²) in [7, 11) is 1.42. The highest BCUT2D eigenvalue weighted by atomic mass is 35.5. The van der Waals surface area contributed by atoms with Crippen LogP contribution < -0.4 is 9.64 Å². The molecule has 1 unspecified atom stereocenters. The molecule has 0 saturated heterocycles. The summed E-state index contributed by atoms with van der Waals surface area (Å²) in [5, 5.41) is 22.1. The molecule has 2 N–H and O–H groups in total. The molecule has 7 nitrogen and oxygen atoms in total. The predicted molar refractivity (Wildman–Crippen MR) is 126 cm³/mol. The van der Waals surface area contributed by atoms with Crippen molar-refractivity contribution in [3.05, 3.63) is 100 Å². The van der Waals surface area contributed by atoms with Crippen molar-refractivity contribution in [2.75, 3.05) is 12.0 Å². The Hall–Kier alpha value is -4.30. The van der Waals surface area contributed by atoms with Gasteiger partial charge < -0.3 is 19.4 Å². The standard InChI is InChI=1S/C26H17ClFNO6/c1-34-20-12-15(27)10-14-11-19(35-25(14)20)23(31)21-22(13-6-8-16(28)9-7-13)29(26(33)24(21)32)17-4-2-3-5-18(17)30/h2-12,22,30,32H,1H3. The van der Waals surface area contributed by atoms with Gasteiger partial charge in [-0.05, 0) is 42.0 Å². The van der Waals surface area contributed by atoms with Crippen molar-refractivity contribution in [3.8, 4) is 11.5 Å². The number of aliphatic hydroxyl groups is 1. The number of furan rings is 1. The number of fused-ring (bicyclic) bond motifs is 1. The van der Waals surface area contributed by atoms with Crippen molar-refractivity contribution in [1.82, 2.24) is 0 Å². The maximum atomic E-state index is 13.7. The summed E-state index contributed by atoms with van der Waals surface area (Å²) in [5.74, 6) is -3.09. The molecule has 176 valence electrons. The molecule has 1 aliphatic rings. The van der Waals surface area contributed by atoms with Crippen molar-refractivity contribution >= 4 is 39.9 Å². The minimum Gasteiger partial charge on any atom is -0.506 e. The highest BCUT2D eigenvalue weighted by molar-refractivity contribution is 6.31. The van der Waals surface area contributed by atoms with Crippen LogP contribution in [0.4, 0.5) is 10.1 Å². The lowest BCUT2D eigenvalue weighted by Crippen LogP contribution is -2.31. The first-order valence-electron chi connectivity index (χ1n) is 10.4. The fourth-order valence-corrected chi connectivity index (χ4v) is 4.41. The van der Waals surface area contributed by atoms with Gasteiger partial charge in [0.25, 0.3) is 5.91 Å². The molecule has 1 atom stereocenters. The van der Waals surface area contributed by atoms with Gasteiger partial charge in [0.15, 0.2) is 22.9 Å². The lowest BCUT2D eigenvalue weighted by Gasteiger charge is -2.27. The Morgan fingerprint density at radius 1 is 1.09 bits per heavy atom. The van der Waals surface area contributed by atoms with Gasteiger partial charge in [0, 0.05) is 16.5 Å². The van der Waals surface area contributed by atoms with Crippen LogP contribution in [-0.2, 0) is 4.79 Å². The van der Waals surface area contributed by atoms with Crippen LogP contribution in [0.25, 0.3) is 11.0 Å². The smallest absolute Gasteiger partial charge is 0.294 e. The van der Waals surface area contributed by atoms with Gasteiger partial charge >= 0.3 is 0 Å². The van der Waals surface area contributed by atoms with Crippen LogP contribution in [0.1, 0.15) is 22.2 Å². The number of aliphatic hydroxyl groups excluding tert-OH is 1. The summed E-state index contributed by atoms with van der Waals surface area (Å²) in [4.78, 5) is 27.9. The van der Waals surface area contributed by atoms with Gasteiger partial charge in [-0.1, -0.05) is 35.9 Å². The zero-order chi connectivity index (χ0) is 24.9. The molecule has 3 aromatic carbocycles. The average molecular weight is 494 g/mol. The lowest BCUT2D eigenvalue weighted by atomic mass is 9.94. The number of carbonyl (C=O) groups excluding carboxylic acids is 2. The van der Waals surface area contributed by atoms with E-state index in [4.69, 9.17) is 20.8 Å². The van der Waals surface area contributed by atoms with Crippen LogP contribution in [0.2, 0.25) is 5.02 Å². The highest BCUT2D eigenvalue weighted by Gasteiger charge is 2.46. The van der Waals surface area contributed by atoms with E-state index in [1.54, 1.807) is 18.2 Å². The fourth-order valence-electron chi connectivity index (χ4n) is 4.20. The number of amides is 1. The van der Waals surface area contributed by atoms with Gasteiger partial charge in [-0.15, -0.1) is 0 Å². The van der Waals surface area contributed by atoms with Gasteiger partial charge in [0.1, 0.15) is 11.6 Å². The van der Waals surface area contributed by atoms with Gasteiger partial charge in [0.05, 0.1) is 24.4 Å². The van der Waals surface area contributed by atoms with Crippen molar-refractivity contribution in [1.29, 1.82) is 0 Å². The minimum atomic E-state index is -1.16. The first-order valence-corrected chi connectivity index (χ1v) is 10.8. The second-order valence-corrected chi connectivity index (χ2v) is 8.28. The SMILES string of the molecule is COc1cc(Cl)cc2cc(C(=O)C3=C(O)C(=O)N(c4ccccc4O)C3c3ccc(F)cc3)oc12.